The van der Waals surface area contributed by atoms with E-state index < -0.39 is 0 Å². The second kappa shape index (κ2) is 13.0. The number of benzene rings is 2. The molecule has 0 spiro atoms. The molecule has 2 aromatic carbocycles. The molecule has 0 atom stereocenters. The van der Waals surface area contributed by atoms with Crippen molar-refractivity contribution in [2.75, 3.05) is 20.2 Å². The molecule has 0 fully saturated rings. The fourth-order valence-electron chi connectivity index (χ4n) is 3.22. The Labute approximate surface area is 202 Å². The molecular weight excluding hydrogens is 501 g/mol. The lowest BCUT2D eigenvalue weighted by Gasteiger charge is -2.11. The number of ether oxygens (including phenoxy) is 1. The van der Waals surface area contributed by atoms with Crippen LogP contribution in [0.1, 0.15) is 30.2 Å². The number of halogens is 1. The van der Waals surface area contributed by atoms with Gasteiger partial charge >= 0.3 is 0 Å². The van der Waals surface area contributed by atoms with Crippen LogP contribution in [0.2, 0.25) is 0 Å². The summed E-state index contributed by atoms with van der Waals surface area (Å²) in [6, 6.07) is 18.2. The Morgan fingerprint density at radius 3 is 2.65 bits per heavy atom. The summed E-state index contributed by atoms with van der Waals surface area (Å²) in [6.45, 7) is 6.42. The zero-order valence-corrected chi connectivity index (χ0v) is 20.8. The highest BCUT2D eigenvalue weighted by Crippen LogP contribution is 2.14. The van der Waals surface area contributed by atoms with Crippen molar-refractivity contribution in [2.45, 2.75) is 33.2 Å². The number of hydrogen-bond acceptors (Lipinski definition) is 3. The molecule has 0 saturated heterocycles. The lowest BCUT2D eigenvalue weighted by Crippen LogP contribution is -2.37. The van der Waals surface area contributed by atoms with Crippen molar-refractivity contribution in [3.8, 4) is 11.4 Å². The molecule has 0 aliphatic carbocycles. The van der Waals surface area contributed by atoms with Crippen LogP contribution in [-0.2, 0) is 13.0 Å². The van der Waals surface area contributed by atoms with Crippen LogP contribution in [0.15, 0.2) is 65.8 Å². The maximum atomic E-state index is 5.28. The molecule has 31 heavy (non-hydrogen) atoms. The summed E-state index contributed by atoms with van der Waals surface area (Å²) in [5.41, 5.74) is 4.57. The number of methoxy groups -OCH3 is 1. The Bertz CT molecular complexity index is 956. The van der Waals surface area contributed by atoms with Crippen molar-refractivity contribution in [2.24, 2.45) is 4.99 Å². The number of guanidine groups is 1. The van der Waals surface area contributed by atoms with Crippen LogP contribution in [0.3, 0.4) is 0 Å². The lowest BCUT2D eigenvalue weighted by atomic mass is 10.1. The molecule has 0 radical (unpaired) electrons. The van der Waals surface area contributed by atoms with Gasteiger partial charge in [0.25, 0.3) is 0 Å². The molecule has 0 unspecified atom stereocenters. The molecule has 3 aromatic rings. The first-order valence-electron chi connectivity index (χ1n) is 10.4. The van der Waals surface area contributed by atoms with Crippen molar-refractivity contribution < 1.29 is 4.74 Å². The van der Waals surface area contributed by atoms with Gasteiger partial charge in [-0.3, -0.25) is 0 Å². The minimum atomic E-state index is 0. The smallest absolute Gasteiger partial charge is 0.191 e. The Hall–Kier alpha value is -2.55. The summed E-state index contributed by atoms with van der Waals surface area (Å²) in [7, 11) is 1.68. The zero-order chi connectivity index (χ0) is 21.2. The first-order chi connectivity index (χ1) is 14.7. The molecule has 7 heteroatoms. The van der Waals surface area contributed by atoms with Gasteiger partial charge in [-0.15, -0.1) is 24.0 Å². The number of nitrogens with one attached hydrogen (secondary N) is 2. The van der Waals surface area contributed by atoms with Gasteiger partial charge < -0.3 is 15.4 Å². The number of aliphatic imine (C=N–C) groups is 1. The number of aromatic nitrogens is 2. The minimum absolute atomic E-state index is 0. The van der Waals surface area contributed by atoms with Crippen molar-refractivity contribution in [1.82, 2.24) is 20.4 Å². The van der Waals surface area contributed by atoms with E-state index in [0.29, 0.717) is 6.54 Å². The van der Waals surface area contributed by atoms with E-state index in [-0.39, 0.29) is 24.0 Å². The summed E-state index contributed by atoms with van der Waals surface area (Å²) in [5.74, 6) is 1.68. The van der Waals surface area contributed by atoms with E-state index in [9.17, 15) is 0 Å². The molecule has 0 amide bonds. The number of hydrogen-bond donors (Lipinski definition) is 2. The number of rotatable bonds is 9. The topological polar surface area (TPSA) is 63.5 Å². The molecule has 166 valence electrons. The van der Waals surface area contributed by atoms with E-state index in [1.807, 2.05) is 41.1 Å². The van der Waals surface area contributed by atoms with Crippen LogP contribution in [0.5, 0.6) is 5.75 Å². The minimum Gasteiger partial charge on any atom is -0.497 e. The second-order valence-electron chi connectivity index (χ2n) is 7.10. The van der Waals surface area contributed by atoms with Crippen molar-refractivity contribution in [3.05, 3.63) is 77.6 Å². The Balaban J connectivity index is 0.00000341. The average molecular weight is 533 g/mol. The van der Waals surface area contributed by atoms with Gasteiger partial charge in [0.15, 0.2) is 5.96 Å². The fourth-order valence-corrected chi connectivity index (χ4v) is 3.22. The van der Waals surface area contributed by atoms with Crippen LogP contribution in [0, 0.1) is 6.92 Å². The molecule has 1 aromatic heterocycles. The van der Waals surface area contributed by atoms with Gasteiger partial charge in [-0.05, 0) is 62.1 Å². The van der Waals surface area contributed by atoms with Crippen LogP contribution in [0.25, 0.3) is 5.69 Å². The van der Waals surface area contributed by atoms with Crippen LogP contribution >= 0.6 is 24.0 Å². The third-order valence-corrected chi connectivity index (χ3v) is 4.83. The van der Waals surface area contributed by atoms with Gasteiger partial charge in [0.1, 0.15) is 5.75 Å². The number of para-hydroxylation sites is 1. The average Bonchev–Trinajstić information content (AvgIpc) is 3.16. The number of nitrogens with zero attached hydrogens (tertiary/aromatic N) is 3. The first-order valence-corrected chi connectivity index (χ1v) is 10.4. The molecule has 0 bridgehead atoms. The fraction of sp³-hybridized carbons (Fsp3) is 0.333. The van der Waals surface area contributed by atoms with E-state index in [2.05, 4.69) is 59.0 Å². The highest BCUT2D eigenvalue weighted by molar-refractivity contribution is 14.0. The first kappa shape index (κ1) is 24.7. The number of aryl methyl sites for hydroxylation is 2. The van der Waals surface area contributed by atoms with Crippen LogP contribution in [-0.4, -0.2) is 35.9 Å². The summed E-state index contributed by atoms with van der Waals surface area (Å²) < 4.78 is 7.24. The van der Waals surface area contributed by atoms with E-state index in [1.54, 1.807) is 7.11 Å². The van der Waals surface area contributed by atoms with Gasteiger partial charge in [-0.25, -0.2) is 9.67 Å². The van der Waals surface area contributed by atoms with E-state index in [1.165, 1.54) is 5.56 Å². The predicted octanol–water partition coefficient (Wildman–Crippen LogP) is 4.50. The molecule has 2 N–H and O–H groups in total. The van der Waals surface area contributed by atoms with Gasteiger partial charge in [-0.1, -0.05) is 30.3 Å². The summed E-state index contributed by atoms with van der Waals surface area (Å²) >= 11 is 0. The monoisotopic (exact) mass is 533 g/mol. The van der Waals surface area contributed by atoms with E-state index >= 15 is 0 Å². The summed E-state index contributed by atoms with van der Waals surface area (Å²) in [6.07, 6.45) is 4.11. The van der Waals surface area contributed by atoms with Crippen molar-refractivity contribution in [1.29, 1.82) is 0 Å². The van der Waals surface area contributed by atoms with E-state index in [0.717, 1.165) is 54.6 Å². The normalized spacial score (nSPS) is 11.0. The van der Waals surface area contributed by atoms with Gasteiger partial charge in [0, 0.05) is 19.3 Å². The maximum Gasteiger partial charge on any atom is 0.191 e. The lowest BCUT2D eigenvalue weighted by molar-refractivity contribution is 0.414. The molecule has 6 nitrogen and oxygen atoms in total. The third-order valence-electron chi connectivity index (χ3n) is 4.83. The highest BCUT2D eigenvalue weighted by atomic mass is 127. The standard InChI is InChI=1S/C24H31N5O.HI/c1-4-25-24(27-17-20-10-8-14-23(16-20)30-3)26-15-9-11-21-18-29(28-19(21)2)22-12-6-5-7-13-22;/h5-8,10,12-14,16,18H,4,9,11,15,17H2,1-3H3,(H2,25,26,27);1H. The van der Waals surface area contributed by atoms with Crippen LogP contribution in [0.4, 0.5) is 0 Å². The molecule has 1 heterocycles. The van der Waals surface area contributed by atoms with Crippen LogP contribution < -0.4 is 15.4 Å². The quantitative estimate of drug-likeness (QED) is 0.184. The molecule has 3 rings (SSSR count). The van der Waals surface area contributed by atoms with Crippen molar-refractivity contribution in [3.63, 3.8) is 0 Å². The largest absolute Gasteiger partial charge is 0.497 e. The Morgan fingerprint density at radius 2 is 1.90 bits per heavy atom. The van der Waals surface area contributed by atoms with Gasteiger partial charge in [0.05, 0.1) is 25.0 Å². The maximum absolute atomic E-state index is 5.28. The summed E-state index contributed by atoms with van der Waals surface area (Å²) in [4.78, 5) is 4.69. The zero-order valence-electron chi connectivity index (χ0n) is 18.5. The second-order valence-corrected chi connectivity index (χ2v) is 7.10. The summed E-state index contributed by atoms with van der Waals surface area (Å²) in [5, 5.41) is 11.4. The third kappa shape index (κ3) is 7.57. The van der Waals surface area contributed by atoms with Gasteiger partial charge in [0.2, 0.25) is 0 Å². The molecular formula is C24H32IN5O. The Morgan fingerprint density at radius 1 is 1.10 bits per heavy atom. The molecule has 0 saturated carbocycles. The highest BCUT2D eigenvalue weighted by Gasteiger charge is 2.06. The molecule has 0 aliphatic heterocycles. The Kier molecular flexibility index (Phi) is 10.4. The predicted molar refractivity (Wildman–Crippen MR) is 138 cm³/mol. The molecule has 0 aliphatic rings. The van der Waals surface area contributed by atoms with E-state index in [4.69, 9.17) is 4.74 Å². The van der Waals surface area contributed by atoms with Crippen molar-refractivity contribution >= 4 is 29.9 Å². The SMILES string of the molecule is CCNC(=NCc1cccc(OC)c1)NCCCc1cn(-c2ccccc2)nc1C.I. The van der Waals surface area contributed by atoms with Gasteiger partial charge in [-0.2, -0.15) is 5.10 Å².